The summed E-state index contributed by atoms with van der Waals surface area (Å²) in [5, 5.41) is 18.7. The molecule has 0 amide bonds. The van der Waals surface area contributed by atoms with E-state index in [9.17, 15) is 9.90 Å². The van der Waals surface area contributed by atoms with Crippen molar-refractivity contribution in [1.29, 1.82) is 0 Å². The number of nitrogens with zero attached hydrogens (tertiary/aromatic N) is 3. The van der Waals surface area contributed by atoms with Crippen LogP contribution in [0.1, 0.15) is 10.4 Å². The average molecular weight is 360 g/mol. The third kappa shape index (κ3) is 4.55. The van der Waals surface area contributed by atoms with Crippen LogP contribution in [0.15, 0.2) is 24.7 Å². The van der Waals surface area contributed by atoms with Gasteiger partial charge in [0, 0.05) is 31.9 Å². The molecule has 0 aliphatic carbocycles. The topological polar surface area (TPSA) is 131 Å². The zero-order valence-corrected chi connectivity index (χ0v) is 14.2. The second-order valence-electron chi connectivity index (χ2n) is 5.57. The maximum atomic E-state index is 11.4. The Morgan fingerprint density at radius 3 is 2.85 bits per heavy atom. The fourth-order valence-electron chi connectivity index (χ4n) is 2.43. The third-order valence-corrected chi connectivity index (χ3v) is 3.75. The van der Waals surface area contributed by atoms with Crippen LogP contribution in [0.25, 0.3) is 0 Å². The number of morpholine rings is 1. The highest BCUT2D eigenvalue weighted by atomic mass is 16.5. The van der Waals surface area contributed by atoms with Gasteiger partial charge in [-0.25, -0.2) is 19.7 Å². The highest BCUT2D eigenvalue weighted by molar-refractivity contribution is 5.94. The molecule has 0 spiro atoms. The van der Waals surface area contributed by atoms with Gasteiger partial charge in [0.1, 0.15) is 17.2 Å². The lowest BCUT2D eigenvalue weighted by Gasteiger charge is -2.24. The average Bonchev–Trinajstić information content (AvgIpc) is 2.68. The number of hydrogen-bond acceptors (Lipinski definition) is 9. The van der Waals surface area contributed by atoms with Gasteiger partial charge in [0.2, 0.25) is 5.88 Å². The summed E-state index contributed by atoms with van der Waals surface area (Å²) in [6, 6.07) is 1.62. The van der Waals surface area contributed by atoms with Crippen LogP contribution in [0.5, 0.6) is 5.88 Å². The van der Waals surface area contributed by atoms with Gasteiger partial charge in [-0.3, -0.25) is 0 Å². The molecule has 2 aromatic rings. The molecular formula is C16H20N6O4. The van der Waals surface area contributed by atoms with Crippen LogP contribution in [0.3, 0.4) is 0 Å². The van der Waals surface area contributed by atoms with Crippen LogP contribution in [0.2, 0.25) is 0 Å². The van der Waals surface area contributed by atoms with Crippen molar-refractivity contribution in [1.82, 2.24) is 20.3 Å². The van der Waals surface area contributed by atoms with Crippen LogP contribution in [0.4, 0.5) is 17.3 Å². The number of aromatic carboxylic acids is 1. The highest BCUT2D eigenvalue weighted by Crippen LogP contribution is 2.21. The second-order valence-corrected chi connectivity index (χ2v) is 5.57. The summed E-state index contributed by atoms with van der Waals surface area (Å²) in [5.74, 6) is 0.249. The van der Waals surface area contributed by atoms with Gasteiger partial charge in [-0.2, -0.15) is 0 Å². The summed E-state index contributed by atoms with van der Waals surface area (Å²) < 4.78 is 10.6. The van der Waals surface area contributed by atoms with E-state index in [0.717, 1.165) is 6.54 Å². The van der Waals surface area contributed by atoms with Crippen LogP contribution >= 0.6 is 0 Å². The lowest BCUT2D eigenvalue weighted by molar-refractivity contribution is 0.0372. The molecule has 26 heavy (non-hydrogen) atoms. The van der Waals surface area contributed by atoms with Crippen molar-refractivity contribution in [2.24, 2.45) is 0 Å². The summed E-state index contributed by atoms with van der Waals surface area (Å²) in [7, 11) is 1.51. The SMILES string of the molecule is COc1cnc(Nc2cc(NCC3CNCCO3)c(C(=O)O)cn2)cn1. The molecule has 1 atom stereocenters. The highest BCUT2D eigenvalue weighted by Gasteiger charge is 2.16. The van der Waals surface area contributed by atoms with Crippen molar-refractivity contribution < 1.29 is 19.4 Å². The predicted molar refractivity (Wildman–Crippen MR) is 94.2 cm³/mol. The summed E-state index contributed by atoms with van der Waals surface area (Å²) in [6.07, 6.45) is 4.24. The molecule has 0 aromatic carbocycles. The number of ether oxygens (including phenoxy) is 2. The standard InChI is InChI=1S/C16H20N6O4/c1-25-15-9-20-14(8-21-15)22-13-4-12(11(7-19-13)16(23)24)18-6-10-5-17-2-3-26-10/h4,7-10,17H,2-3,5-6H2,1H3,(H,23,24)(H2,18,19,20,22). The molecule has 3 heterocycles. The molecule has 1 aliphatic heterocycles. The minimum atomic E-state index is -1.06. The lowest BCUT2D eigenvalue weighted by atomic mass is 10.2. The van der Waals surface area contributed by atoms with Crippen molar-refractivity contribution >= 4 is 23.3 Å². The first-order valence-electron chi connectivity index (χ1n) is 8.08. The first kappa shape index (κ1) is 17.8. The van der Waals surface area contributed by atoms with Crippen molar-refractivity contribution in [2.75, 3.05) is 44.0 Å². The second kappa shape index (κ2) is 8.41. The quantitative estimate of drug-likeness (QED) is 0.560. The normalized spacial score (nSPS) is 16.7. The number of anilines is 3. The Kier molecular flexibility index (Phi) is 5.77. The van der Waals surface area contributed by atoms with E-state index < -0.39 is 5.97 Å². The molecule has 4 N–H and O–H groups in total. The number of aromatic nitrogens is 3. The van der Waals surface area contributed by atoms with Crippen molar-refractivity contribution in [3.63, 3.8) is 0 Å². The Labute approximate surface area is 150 Å². The zero-order valence-electron chi connectivity index (χ0n) is 14.2. The molecule has 1 unspecified atom stereocenters. The molecule has 138 valence electrons. The number of nitrogens with one attached hydrogen (secondary N) is 3. The van der Waals surface area contributed by atoms with Crippen LogP contribution in [-0.2, 0) is 4.74 Å². The Balaban J connectivity index is 1.72. The molecule has 1 aliphatic rings. The van der Waals surface area contributed by atoms with E-state index in [2.05, 4.69) is 30.9 Å². The predicted octanol–water partition coefficient (Wildman–Crippen LogP) is 0.722. The molecule has 1 saturated heterocycles. The molecule has 0 radical (unpaired) electrons. The monoisotopic (exact) mass is 360 g/mol. The van der Waals surface area contributed by atoms with Crippen molar-refractivity contribution in [3.05, 3.63) is 30.2 Å². The van der Waals surface area contributed by atoms with Gasteiger partial charge >= 0.3 is 5.97 Å². The maximum absolute atomic E-state index is 11.4. The molecule has 2 aromatic heterocycles. The number of methoxy groups -OCH3 is 1. The van der Waals surface area contributed by atoms with E-state index in [1.165, 1.54) is 25.7 Å². The van der Waals surface area contributed by atoms with E-state index in [0.29, 0.717) is 42.9 Å². The van der Waals surface area contributed by atoms with E-state index >= 15 is 0 Å². The lowest BCUT2D eigenvalue weighted by Crippen LogP contribution is -2.42. The van der Waals surface area contributed by atoms with Crippen molar-refractivity contribution in [2.45, 2.75) is 6.10 Å². The summed E-state index contributed by atoms with van der Waals surface area (Å²) in [4.78, 5) is 23.8. The first-order valence-corrected chi connectivity index (χ1v) is 8.08. The Hall–Kier alpha value is -2.98. The molecule has 0 saturated carbocycles. The van der Waals surface area contributed by atoms with Gasteiger partial charge in [-0.05, 0) is 0 Å². The number of hydrogen-bond donors (Lipinski definition) is 4. The molecule has 10 heteroatoms. The van der Waals surface area contributed by atoms with Gasteiger partial charge in [0.25, 0.3) is 0 Å². The van der Waals surface area contributed by atoms with E-state index in [1.54, 1.807) is 6.07 Å². The molecule has 0 bridgehead atoms. The molecule has 10 nitrogen and oxygen atoms in total. The number of carboxylic acid groups (broad SMARTS) is 1. The number of pyridine rings is 1. The third-order valence-electron chi connectivity index (χ3n) is 3.75. The minimum Gasteiger partial charge on any atom is -0.480 e. The fraction of sp³-hybridized carbons (Fsp3) is 0.375. The van der Waals surface area contributed by atoms with Crippen LogP contribution in [0, 0.1) is 0 Å². The molecular weight excluding hydrogens is 340 g/mol. The Morgan fingerprint density at radius 1 is 1.35 bits per heavy atom. The number of carbonyl (C=O) groups is 1. The Bertz CT molecular complexity index is 749. The molecule has 3 rings (SSSR count). The zero-order chi connectivity index (χ0) is 18.4. The first-order chi connectivity index (χ1) is 12.7. The van der Waals surface area contributed by atoms with Gasteiger partial charge in [0.15, 0.2) is 0 Å². The smallest absolute Gasteiger partial charge is 0.339 e. The largest absolute Gasteiger partial charge is 0.480 e. The maximum Gasteiger partial charge on any atom is 0.339 e. The van der Waals surface area contributed by atoms with E-state index in [4.69, 9.17) is 9.47 Å². The summed E-state index contributed by atoms with van der Waals surface area (Å²) in [5.41, 5.74) is 0.533. The van der Waals surface area contributed by atoms with E-state index in [1.807, 2.05) is 0 Å². The number of rotatable bonds is 7. The van der Waals surface area contributed by atoms with Gasteiger partial charge < -0.3 is 30.5 Å². The summed E-state index contributed by atoms with van der Waals surface area (Å²) in [6.45, 7) is 2.66. The summed E-state index contributed by atoms with van der Waals surface area (Å²) >= 11 is 0. The van der Waals surface area contributed by atoms with Gasteiger partial charge in [0.05, 0.1) is 37.9 Å². The van der Waals surface area contributed by atoms with Crippen molar-refractivity contribution in [3.8, 4) is 5.88 Å². The minimum absolute atomic E-state index is 0.0255. The molecule has 1 fully saturated rings. The van der Waals surface area contributed by atoms with Gasteiger partial charge in [-0.15, -0.1) is 0 Å². The van der Waals surface area contributed by atoms with Gasteiger partial charge in [-0.1, -0.05) is 0 Å². The fourth-order valence-corrected chi connectivity index (χ4v) is 2.43. The Morgan fingerprint density at radius 2 is 2.19 bits per heavy atom. The van der Waals surface area contributed by atoms with Crippen LogP contribution in [-0.4, -0.2) is 65.5 Å². The van der Waals surface area contributed by atoms with Crippen LogP contribution < -0.4 is 20.7 Å². The van der Waals surface area contributed by atoms with E-state index in [-0.39, 0.29) is 11.7 Å². The number of carboxylic acids is 1.